The Bertz CT molecular complexity index is 1030. The zero-order valence-corrected chi connectivity index (χ0v) is 17.3. The molecule has 0 aliphatic carbocycles. The van der Waals surface area contributed by atoms with Crippen molar-refractivity contribution in [1.82, 2.24) is 25.0 Å². The molecule has 3 heterocycles. The molecule has 0 unspecified atom stereocenters. The predicted octanol–water partition coefficient (Wildman–Crippen LogP) is 3.16. The molecule has 0 bridgehead atoms. The van der Waals surface area contributed by atoms with Crippen molar-refractivity contribution in [3.05, 3.63) is 60.0 Å². The summed E-state index contributed by atoms with van der Waals surface area (Å²) in [6.45, 7) is 5.74. The molecule has 2 atom stereocenters. The number of aromatic nitrogens is 4. The van der Waals surface area contributed by atoms with E-state index >= 15 is 0 Å². The Morgan fingerprint density at radius 3 is 2.60 bits per heavy atom. The first-order valence-electron chi connectivity index (χ1n) is 10.1. The van der Waals surface area contributed by atoms with Crippen LogP contribution in [0.2, 0.25) is 0 Å². The van der Waals surface area contributed by atoms with E-state index in [1.807, 2.05) is 36.1 Å². The molecular formula is C22H25N5O3. The summed E-state index contributed by atoms with van der Waals surface area (Å²) in [5.74, 6) is 1.11. The molecule has 1 N–H and O–H groups in total. The fraction of sp³-hybridized carbons (Fsp3) is 0.409. The predicted molar refractivity (Wildman–Crippen MR) is 109 cm³/mol. The van der Waals surface area contributed by atoms with E-state index < -0.39 is 5.60 Å². The first-order valence-corrected chi connectivity index (χ1v) is 10.1. The van der Waals surface area contributed by atoms with Crippen LogP contribution in [0.3, 0.4) is 0 Å². The molecule has 1 aliphatic heterocycles. The first kappa shape index (κ1) is 20.2. The van der Waals surface area contributed by atoms with E-state index in [1.54, 1.807) is 32.3 Å². The van der Waals surface area contributed by atoms with Crippen molar-refractivity contribution in [2.45, 2.75) is 51.2 Å². The van der Waals surface area contributed by atoms with Crippen molar-refractivity contribution < 1.29 is 14.4 Å². The van der Waals surface area contributed by atoms with Gasteiger partial charge in [0, 0.05) is 36.5 Å². The van der Waals surface area contributed by atoms with Gasteiger partial charge < -0.3 is 14.5 Å². The molecule has 8 nitrogen and oxygen atoms in total. The topological polar surface area (TPSA) is 105 Å². The summed E-state index contributed by atoms with van der Waals surface area (Å²) in [5, 5.41) is 14.2. The molecule has 4 rings (SSSR count). The van der Waals surface area contributed by atoms with Crippen LogP contribution >= 0.6 is 0 Å². The van der Waals surface area contributed by atoms with Crippen molar-refractivity contribution in [3.63, 3.8) is 0 Å². The maximum absolute atomic E-state index is 13.5. The Morgan fingerprint density at radius 1 is 1.17 bits per heavy atom. The highest BCUT2D eigenvalue weighted by atomic mass is 16.5. The molecule has 1 amide bonds. The van der Waals surface area contributed by atoms with Gasteiger partial charge in [0.2, 0.25) is 0 Å². The Hall–Kier alpha value is -3.13. The van der Waals surface area contributed by atoms with Crippen LogP contribution in [0.1, 0.15) is 61.6 Å². The molecule has 1 saturated heterocycles. The SMILES string of the molecule is C[C@@H]1CC[C@@H](c2noc(C(C)(C)O)n2)CN1C(=O)c1ccccc1-c1ncccn1. The van der Waals surface area contributed by atoms with Gasteiger partial charge in [-0.25, -0.2) is 9.97 Å². The molecular weight excluding hydrogens is 382 g/mol. The molecule has 0 radical (unpaired) electrons. The zero-order valence-electron chi connectivity index (χ0n) is 17.3. The minimum absolute atomic E-state index is 0.0508. The summed E-state index contributed by atoms with van der Waals surface area (Å²) in [5.41, 5.74) is 0.0833. The van der Waals surface area contributed by atoms with Gasteiger partial charge in [-0.15, -0.1) is 0 Å². The lowest BCUT2D eigenvalue weighted by Crippen LogP contribution is -2.45. The monoisotopic (exact) mass is 407 g/mol. The van der Waals surface area contributed by atoms with E-state index in [2.05, 4.69) is 20.1 Å². The van der Waals surface area contributed by atoms with Crippen molar-refractivity contribution in [2.75, 3.05) is 6.54 Å². The molecule has 3 aromatic rings. The summed E-state index contributed by atoms with van der Waals surface area (Å²) in [6, 6.07) is 9.23. The van der Waals surface area contributed by atoms with Crippen molar-refractivity contribution >= 4 is 5.91 Å². The third kappa shape index (κ3) is 3.95. The number of amides is 1. The molecule has 30 heavy (non-hydrogen) atoms. The van der Waals surface area contributed by atoms with Gasteiger partial charge in [-0.3, -0.25) is 4.79 Å². The van der Waals surface area contributed by atoms with Crippen molar-refractivity contribution in [1.29, 1.82) is 0 Å². The normalized spacial score (nSPS) is 19.7. The van der Waals surface area contributed by atoms with Gasteiger partial charge >= 0.3 is 0 Å². The number of carbonyl (C=O) groups is 1. The lowest BCUT2D eigenvalue weighted by atomic mass is 9.91. The standard InChI is InChI=1S/C22H25N5O3/c1-14-9-10-15(18-25-21(30-26-18)22(2,3)29)13-27(14)20(28)17-8-5-4-7-16(17)19-23-11-6-12-24-19/h4-8,11-12,14-15,29H,9-10,13H2,1-3H3/t14-,15-/m1/s1. The van der Waals surface area contributed by atoms with Gasteiger partial charge in [0.25, 0.3) is 11.8 Å². The summed E-state index contributed by atoms with van der Waals surface area (Å²) in [6.07, 6.45) is 5.01. The number of hydrogen-bond donors (Lipinski definition) is 1. The molecule has 0 saturated carbocycles. The summed E-state index contributed by atoms with van der Waals surface area (Å²) < 4.78 is 5.24. The number of aliphatic hydroxyl groups is 1. The average molecular weight is 407 g/mol. The van der Waals surface area contributed by atoms with Crippen LogP contribution < -0.4 is 0 Å². The number of hydrogen-bond acceptors (Lipinski definition) is 7. The molecule has 156 valence electrons. The van der Waals surface area contributed by atoms with Gasteiger partial charge in [0.1, 0.15) is 5.60 Å². The third-order valence-electron chi connectivity index (χ3n) is 5.44. The smallest absolute Gasteiger partial charge is 0.258 e. The summed E-state index contributed by atoms with van der Waals surface area (Å²) in [7, 11) is 0. The number of likely N-dealkylation sites (tertiary alicyclic amines) is 1. The van der Waals surface area contributed by atoms with Gasteiger partial charge in [-0.05, 0) is 45.7 Å². The number of carbonyl (C=O) groups excluding carboxylic acids is 1. The minimum Gasteiger partial charge on any atom is -0.381 e. The molecule has 1 aliphatic rings. The number of piperidine rings is 1. The lowest BCUT2D eigenvalue weighted by Gasteiger charge is -2.37. The second-order valence-electron chi connectivity index (χ2n) is 8.22. The number of nitrogens with zero attached hydrogens (tertiary/aromatic N) is 5. The van der Waals surface area contributed by atoms with Crippen molar-refractivity contribution in [2.24, 2.45) is 0 Å². The summed E-state index contributed by atoms with van der Waals surface area (Å²) in [4.78, 5) is 28.4. The minimum atomic E-state index is -1.20. The van der Waals surface area contributed by atoms with Crippen LogP contribution in [0.5, 0.6) is 0 Å². The molecule has 1 fully saturated rings. The van der Waals surface area contributed by atoms with Gasteiger partial charge in [0.15, 0.2) is 11.6 Å². The van der Waals surface area contributed by atoms with E-state index in [0.29, 0.717) is 29.3 Å². The van der Waals surface area contributed by atoms with Crippen LogP contribution in [0.25, 0.3) is 11.4 Å². The lowest BCUT2D eigenvalue weighted by molar-refractivity contribution is 0.0420. The van der Waals surface area contributed by atoms with Crippen LogP contribution in [0.4, 0.5) is 0 Å². The van der Waals surface area contributed by atoms with Crippen LogP contribution in [-0.2, 0) is 5.60 Å². The van der Waals surface area contributed by atoms with E-state index in [-0.39, 0.29) is 23.8 Å². The average Bonchev–Trinajstić information content (AvgIpc) is 3.25. The number of rotatable bonds is 4. The maximum atomic E-state index is 13.5. The van der Waals surface area contributed by atoms with Crippen LogP contribution in [0.15, 0.2) is 47.2 Å². The van der Waals surface area contributed by atoms with Crippen molar-refractivity contribution in [3.8, 4) is 11.4 Å². The maximum Gasteiger partial charge on any atom is 0.258 e. The van der Waals surface area contributed by atoms with Crippen LogP contribution in [0, 0.1) is 0 Å². The Balaban J connectivity index is 1.61. The fourth-order valence-electron chi connectivity index (χ4n) is 3.71. The Labute approximate surface area is 175 Å². The van der Waals surface area contributed by atoms with Crippen LogP contribution in [-0.4, -0.2) is 48.6 Å². The molecule has 8 heteroatoms. The van der Waals surface area contributed by atoms with E-state index in [0.717, 1.165) is 12.8 Å². The van der Waals surface area contributed by atoms with E-state index in [1.165, 1.54) is 0 Å². The first-order chi connectivity index (χ1) is 14.3. The molecule has 1 aromatic carbocycles. The second-order valence-corrected chi connectivity index (χ2v) is 8.22. The van der Waals surface area contributed by atoms with Gasteiger partial charge in [0.05, 0.1) is 5.56 Å². The zero-order chi connectivity index (χ0) is 21.3. The van der Waals surface area contributed by atoms with E-state index in [4.69, 9.17) is 4.52 Å². The second kappa shape index (κ2) is 7.95. The Morgan fingerprint density at radius 2 is 1.90 bits per heavy atom. The highest BCUT2D eigenvalue weighted by Gasteiger charge is 2.35. The largest absolute Gasteiger partial charge is 0.381 e. The molecule has 2 aromatic heterocycles. The third-order valence-corrected chi connectivity index (χ3v) is 5.44. The quantitative estimate of drug-likeness (QED) is 0.708. The highest BCUT2D eigenvalue weighted by Crippen LogP contribution is 2.32. The van der Waals surface area contributed by atoms with Gasteiger partial charge in [-0.1, -0.05) is 23.4 Å². The number of benzene rings is 1. The fourth-order valence-corrected chi connectivity index (χ4v) is 3.71. The highest BCUT2D eigenvalue weighted by molar-refractivity contribution is 6.00. The summed E-state index contributed by atoms with van der Waals surface area (Å²) >= 11 is 0. The van der Waals surface area contributed by atoms with E-state index in [9.17, 15) is 9.90 Å². The molecule has 0 spiro atoms. The Kier molecular flexibility index (Phi) is 5.34. The van der Waals surface area contributed by atoms with Gasteiger partial charge in [-0.2, -0.15) is 4.98 Å².